The first kappa shape index (κ1) is 19.2. The molecule has 0 spiro atoms. The molecule has 0 saturated heterocycles. The van der Waals surface area contributed by atoms with E-state index in [0.717, 1.165) is 11.3 Å². The first-order valence-electron chi connectivity index (χ1n) is 8.66. The first-order valence-corrected chi connectivity index (χ1v) is 8.66. The van der Waals surface area contributed by atoms with E-state index in [2.05, 4.69) is 5.32 Å². The maximum atomic E-state index is 12.1. The molecule has 0 radical (unpaired) electrons. The number of esters is 1. The number of hydrogen-bond acceptors (Lipinski definition) is 6. The molecule has 1 amide bonds. The number of ether oxygens (including phenoxy) is 2. The number of carbonyl (C=O) groups excluding carboxylic acids is 2. The van der Waals surface area contributed by atoms with Gasteiger partial charge in [0.2, 0.25) is 0 Å². The minimum Gasteiger partial charge on any atom is -0.497 e. The van der Waals surface area contributed by atoms with Crippen LogP contribution in [0.1, 0.15) is 15.9 Å². The molecule has 3 aromatic rings. The van der Waals surface area contributed by atoms with Crippen LogP contribution in [0, 0.1) is 0 Å². The van der Waals surface area contributed by atoms with Crippen molar-refractivity contribution in [2.75, 3.05) is 20.3 Å². The predicted octanol–water partition coefficient (Wildman–Crippen LogP) is 2.32. The molecule has 0 bridgehead atoms. The largest absolute Gasteiger partial charge is 0.497 e. The second-order valence-electron chi connectivity index (χ2n) is 6.01. The fourth-order valence-electron chi connectivity index (χ4n) is 2.60. The smallest absolute Gasteiger partial charge is 0.351 e. The Hall–Kier alpha value is -3.61. The van der Waals surface area contributed by atoms with E-state index in [0.29, 0.717) is 23.9 Å². The highest BCUT2D eigenvalue weighted by Crippen LogP contribution is 2.13. The van der Waals surface area contributed by atoms with Crippen molar-refractivity contribution >= 4 is 22.8 Å². The second kappa shape index (κ2) is 8.85. The van der Waals surface area contributed by atoms with Crippen LogP contribution in [0.3, 0.4) is 0 Å². The zero-order valence-electron chi connectivity index (χ0n) is 15.3. The van der Waals surface area contributed by atoms with Crippen molar-refractivity contribution in [2.24, 2.45) is 0 Å². The highest BCUT2D eigenvalue weighted by Gasteiger charge is 2.16. The molecule has 0 atom stereocenters. The molecule has 1 aromatic heterocycles. The molecule has 7 nitrogen and oxygen atoms in total. The van der Waals surface area contributed by atoms with Crippen molar-refractivity contribution in [1.82, 2.24) is 5.32 Å². The molecule has 28 heavy (non-hydrogen) atoms. The van der Waals surface area contributed by atoms with Gasteiger partial charge >= 0.3 is 11.6 Å². The number of benzene rings is 2. The summed E-state index contributed by atoms with van der Waals surface area (Å²) >= 11 is 0. The van der Waals surface area contributed by atoms with E-state index in [9.17, 15) is 14.4 Å². The lowest BCUT2D eigenvalue weighted by atomic mass is 10.1. The Kier molecular flexibility index (Phi) is 6.06. The molecular weight excluding hydrogens is 362 g/mol. The Morgan fingerprint density at radius 3 is 2.57 bits per heavy atom. The molecule has 1 N–H and O–H groups in total. The average Bonchev–Trinajstić information content (AvgIpc) is 2.72. The molecule has 3 rings (SSSR count). The van der Waals surface area contributed by atoms with Gasteiger partial charge in [0.1, 0.15) is 16.9 Å². The van der Waals surface area contributed by atoms with Gasteiger partial charge in [-0.25, -0.2) is 9.59 Å². The molecule has 0 aliphatic heterocycles. The van der Waals surface area contributed by atoms with Gasteiger partial charge in [0.05, 0.1) is 7.11 Å². The molecule has 0 unspecified atom stereocenters. The summed E-state index contributed by atoms with van der Waals surface area (Å²) in [6.07, 6.45) is 0.623. The first-order chi connectivity index (χ1) is 13.6. The maximum absolute atomic E-state index is 12.1. The number of amides is 1. The lowest BCUT2D eigenvalue weighted by Crippen LogP contribution is -2.31. The van der Waals surface area contributed by atoms with Gasteiger partial charge in [-0.15, -0.1) is 0 Å². The van der Waals surface area contributed by atoms with Crippen LogP contribution in [0.4, 0.5) is 0 Å². The van der Waals surface area contributed by atoms with Gasteiger partial charge in [0.15, 0.2) is 6.61 Å². The molecule has 0 aliphatic rings. The van der Waals surface area contributed by atoms with E-state index in [-0.39, 0.29) is 5.56 Å². The molecule has 144 valence electrons. The van der Waals surface area contributed by atoms with Crippen molar-refractivity contribution in [3.8, 4) is 5.75 Å². The summed E-state index contributed by atoms with van der Waals surface area (Å²) in [6, 6.07) is 15.7. The monoisotopic (exact) mass is 381 g/mol. The van der Waals surface area contributed by atoms with Crippen LogP contribution < -0.4 is 15.7 Å². The molecule has 2 aromatic carbocycles. The summed E-state index contributed by atoms with van der Waals surface area (Å²) in [5, 5.41) is 3.26. The molecular formula is C21H19NO6. The van der Waals surface area contributed by atoms with Crippen LogP contribution >= 0.6 is 0 Å². The minimum absolute atomic E-state index is 0.246. The van der Waals surface area contributed by atoms with Crippen LogP contribution in [-0.4, -0.2) is 32.1 Å². The fourth-order valence-corrected chi connectivity index (χ4v) is 2.60. The molecule has 7 heteroatoms. The number of carbonyl (C=O) groups is 2. The summed E-state index contributed by atoms with van der Waals surface area (Å²) in [7, 11) is 1.60. The average molecular weight is 381 g/mol. The van der Waals surface area contributed by atoms with Gasteiger partial charge in [-0.05, 0) is 36.2 Å². The Morgan fingerprint density at radius 2 is 1.82 bits per heavy atom. The van der Waals surface area contributed by atoms with E-state index < -0.39 is 24.1 Å². The Morgan fingerprint density at radius 1 is 1.07 bits per heavy atom. The van der Waals surface area contributed by atoms with Gasteiger partial charge in [-0.3, -0.25) is 4.79 Å². The fraction of sp³-hybridized carbons (Fsp3) is 0.190. The Labute approximate surface area is 160 Å². The van der Waals surface area contributed by atoms with Crippen molar-refractivity contribution in [3.05, 3.63) is 76.1 Å². The molecule has 0 fully saturated rings. The van der Waals surface area contributed by atoms with E-state index in [1.54, 1.807) is 31.4 Å². The SMILES string of the molecule is COc1ccc(CCNC(=O)COC(=O)c2cc3ccccc3oc2=O)cc1. The van der Waals surface area contributed by atoms with Gasteiger partial charge in [0, 0.05) is 11.9 Å². The predicted molar refractivity (Wildman–Crippen MR) is 102 cm³/mol. The topological polar surface area (TPSA) is 94.8 Å². The van der Waals surface area contributed by atoms with Gasteiger partial charge in [0.25, 0.3) is 5.91 Å². The highest BCUT2D eigenvalue weighted by atomic mass is 16.5. The van der Waals surface area contributed by atoms with Crippen molar-refractivity contribution in [1.29, 1.82) is 0 Å². The normalized spacial score (nSPS) is 10.5. The number of nitrogens with one attached hydrogen (secondary N) is 1. The van der Waals surface area contributed by atoms with Crippen molar-refractivity contribution in [2.45, 2.75) is 6.42 Å². The maximum Gasteiger partial charge on any atom is 0.351 e. The summed E-state index contributed by atoms with van der Waals surface area (Å²) in [5.74, 6) is -0.588. The second-order valence-corrected chi connectivity index (χ2v) is 6.01. The quantitative estimate of drug-likeness (QED) is 0.499. The zero-order chi connectivity index (χ0) is 19.9. The Balaban J connectivity index is 1.49. The standard InChI is InChI=1S/C21H19NO6/c1-26-16-8-6-14(7-9-16)10-11-22-19(23)13-27-20(24)17-12-15-4-2-3-5-18(15)28-21(17)25/h2-9,12H,10-11,13H2,1H3,(H,22,23). The van der Waals surface area contributed by atoms with Crippen LogP contribution in [0.25, 0.3) is 11.0 Å². The molecule has 0 saturated carbocycles. The third kappa shape index (κ3) is 4.76. The van der Waals surface area contributed by atoms with Crippen molar-refractivity contribution < 1.29 is 23.5 Å². The van der Waals surface area contributed by atoms with Crippen molar-refractivity contribution in [3.63, 3.8) is 0 Å². The highest BCUT2D eigenvalue weighted by molar-refractivity contribution is 5.94. The summed E-state index contributed by atoms with van der Waals surface area (Å²) in [6.45, 7) is -0.0888. The van der Waals surface area contributed by atoms with E-state index in [4.69, 9.17) is 13.9 Å². The Bertz CT molecular complexity index is 1040. The number of methoxy groups -OCH3 is 1. The van der Waals surface area contributed by atoms with E-state index >= 15 is 0 Å². The zero-order valence-corrected chi connectivity index (χ0v) is 15.3. The van der Waals surface area contributed by atoms with E-state index in [1.165, 1.54) is 6.07 Å². The van der Waals surface area contributed by atoms with Gasteiger partial charge in [-0.2, -0.15) is 0 Å². The lowest BCUT2D eigenvalue weighted by Gasteiger charge is -2.07. The summed E-state index contributed by atoms with van der Waals surface area (Å²) in [4.78, 5) is 35.9. The van der Waals surface area contributed by atoms with Crippen LogP contribution in [0.2, 0.25) is 0 Å². The summed E-state index contributed by atoms with van der Waals surface area (Å²) < 4.78 is 15.1. The minimum atomic E-state index is -0.898. The van der Waals surface area contributed by atoms with E-state index in [1.807, 2.05) is 24.3 Å². The number of hydrogen-bond donors (Lipinski definition) is 1. The van der Waals surface area contributed by atoms with Gasteiger partial charge < -0.3 is 19.2 Å². The number of para-hydroxylation sites is 1. The lowest BCUT2D eigenvalue weighted by molar-refractivity contribution is -0.124. The third-order valence-electron chi connectivity index (χ3n) is 4.09. The number of rotatable bonds is 7. The third-order valence-corrected chi connectivity index (χ3v) is 4.09. The van der Waals surface area contributed by atoms with Crippen LogP contribution in [0.5, 0.6) is 5.75 Å². The van der Waals surface area contributed by atoms with Crippen LogP contribution in [0.15, 0.2) is 63.8 Å². The molecule has 1 heterocycles. The van der Waals surface area contributed by atoms with Crippen LogP contribution in [-0.2, 0) is 16.0 Å². The molecule has 0 aliphatic carbocycles. The summed E-state index contributed by atoms with van der Waals surface area (Å²) in [5.41, 5.74) is 0.362. The van der Waals surface area contributed by atoms with Gasteiger partial charge in [-0.1, -0.05) is 30.3 Å². The number of fused-ring (bicyclic) bond motifs is 1.